The summed E-state index contributed by atoms with van der Waals surface area (Å²) in [7, 11) is 4.09. The van der Waals surface area contributed by atoms with Gasteiger partial charge in [0.15, 0.2) is 55.7 Å². The van der Waals surface area contributed by atoms with Crippen molar-refractivity contribution in [2.75, 3.05) is 44.2 Å². The van der Waals surface area contributed by atoms with Crippen LogP contribution >= 0.6 is 162 Å². The number of carboxylic acids is 1. The Bertz CT molecular complexity index is 5520. The summed E-state index contributed by atoms with van der Waals surface area (Å²) in [6, 6.07) is 26.7. The lowest BCUT2D eigenvalue weighted by atomic mass is 10.1. The molecule has 0 aliphatic carbocycles. The molecule has 24 nitrogen and oxygen atoms in total. The van der Waals surface area contributed by atoms with Crippen molar-refractivity contribution in [1.29, 1.82) is 0 Å². The van der Waals surface area contributed by atoms with Crippen molar-refractivity contribution in [2.24, 2.45) is 4.99 Å². The van der Waals surface area contributed by atoms with E-state index in [1.165, 1.54) is 125 Å². The number of allylic oxidation sites excluding steroid dienone is 1. The summed E-state index contributed by atoms with van der Waals surface area (Å²) in [5.74, 6) is -6.45. The summed E-state index contributed by atoms with van der Waals surface area (Å²) in [5, 5.41) is 46.8. The van der Waals surface area contributed by atoms with E-state index in [1.54, 1.807) is 0 Å². The Morgan fingerprint density at radius 2 is 0.761 bits per heavy atom. The van der Waals surface area contributed by atoms with E-state index in [2.05, 4.69) is 56.3 Å². The highest BCUT2D eigenvalue weighted by molar-refractivity contribution is 6.68. The molecule has 1 aliphatic heterocycles. The Labute approximate surface area is 727 Å². The minimum atomic E-state index is -1.37. The van der Waals surface area contributed by atoms with Gasteiger partial charge in [0, 0.05) is 60.8 Å². The molecule has 0 saturated carbocycles. The number of anilines is 3. The van der Waals surface area contributed by atoms with Gasteiger partial charge in [-0.2, -0.15) is 15.3 Å². The number of methoxy groups -OCH3 is 3. The maximum atomic E-state index is 13.6. The molecule has 0 radical (unpaired) electrons. The van der Waals surface area contributed by atoms with Crippen LogP contribution in [-0.2, 0) is 4.79 Å². The van der Waals surface area contributed by atoms with Crippen LogP contribution in [0.15, 0.2) is 169 Å². The number of benzene rings is 8. The average molecular weight is 1890 g/mol. The fraction of sp³-hybridized carbons (Fsp3) is 0.0548. The minimum Gasteiger partial charge on any atom is -0.504 e. The highest BCUT2D eigenvalue weighted by Gasteiger charge is 2.23. The van der Waals surface area contributed by atoms with E-state index in [0.717, 1.165) is 60.7 Å². The number of aromatic carboxylic acids is 1. The van der Waals surface area contributed by atoms with Gasteiger partial charge >= 0.3 is 5.97 Å². The number of aromatic hydroxyl groups is 1. The normalized spacial score (nSPS) is 10.8. The lowest BCUT2D eigenvalue weighted by molar-refractivity contribution is -0.113. The topological polar surface area (TPSA) is 341 Å². The first-order valence-electron chi connectivity index (χ1n) is 31.1. The number of nitrogens with two attached hydrogens (primary N) is 1. The van der Waals surface area contributed by atoms with E-state index in [-0.39, 0.29) is 152 Å². The summed E-state index contributed by atoms with van der Waals surface area (Å²) in [5.41, 5.74) is 5.78. The van der Waals surface area contributed by atoms with Gasteiger partial charge in [0.25, 0.3) is 23.0 Å². The van der Waals surface area contributed by atoms with Crippen LogP contribution in [0.3, 0.4) is 0 Å². The quantitative estimate of drug-likeness (QED) is 0.0315. The van der Waals surface area contributed by atoms with E-state index >= 15 is 0 Å². The maximum absolute atomic E-state index is 13.6. The van der Waals surface area contributed by atoms with E-state index in [9.17, 15) is 55.1 Å². The van der Waals surface area contributed by atoms with Crippen LogP contribution < -0.4 is 45.4 Å². The predicted octanol–water partition coefficient (Wildman–Crippen LogP) is 22.3. The number of carboxylic acid groups (broad SMARTS) is 1. The van der Waals surface area contributed by atoms with Crippen molar-refractivity contribution in [3.05, 3.63) is 292 Å². The molecule has 610 valence electrons. The number of rotatable bonds is 15. The number of carbonyl (C=O) groups excluding carboxylic acids is 5. The molecule has 4 heterocycles. The van der Waals surface area contributed by atoms with E-state index < -0.39 is 69.4 Å². The van der Waals surface area contributed by atoms with Crippen molar-refractivity contribution >= 4 is 220 Å². The highest BCUT2D eigenvalue weighted by atomic mass is 35.5. The number of nitrogens with one attached hydrogen (secondary N) is 3. The predicted molar refractivity (Wildman–Crippen MR) is 435 cm³/mol. The standard InChI is InChI=1S/C19H13Cl2FN2O4.C18H11Cl3FN3O3.C11H5Cl3FN3O.C7H2Cl3FO.C7H3Cl2FO2.C7H7FO2.C4H4ClN3/c1-27-18-4-10(22)2-3-16(18)28-17-7-15(21)14(20)6-13(17)19(26)24-11-5-12(25)9-23-8-11;1-27-16-4-9(22)2-3-14(16)28-15-7-13(20)12(19)6-11(15)18(26)24-10-5-17(21)25-23-8-10;12-7-2-6(9(15)3-8(7)13)11(19)17-5-1-10(14)18-16-4-5;8-4-1-3(7(10)12)6(11)2-5(4)9;8-4-1-3(7(11)12)6(10)2-5(4)9;1-10-7-4-5(8)2-3-6(7)9;5-4-1-3(6)2-7-8-4/h2-8H,9H2,1H3,(H,24,26);2-8H,1H3,(H,24,25,26);1-4H,(H,17,18,19);1-2H;1-2H,(H,11,12);2-4,9H,1H3;1-2H,(H2,6,8). The molecule has 0 bridgehead atoms. The number of phenols is 1. The third-order valence-electron chi connectivity index (χ3n) is 13.5. The van der Waals surface area contributed by atoms with Crippen LogP contribution in [0.2, 0.25) is 65.7 Å². The number of aliphatic imine (C=N–C) groups is 1. The van der Waals surface area contributed by atoms with Gasteiger partial charge in [-0.1, -0.05) is 151 Å². The second-order valence-corrected chi connectivity index (χ2v) is 27.3. The Balaban J connectivity index is 0.000000222. The molecule has 8 aromatic carbocycles. The molecule has 44 heteroatoms. The van der Waals surface area contributed by atoms with Gasteiger partial charge < -0.3 is 55.6 Å². The molecule has 0 unspecified atom stereocenters. The number of carbonyl (C=O) groups is 6. The first-order valence-corrected chi connectivity index (χ1v) is 36.4. The zero-order chi connectivity index (χ0) is 86.7. The number of hydrogen-bond acceptors (Lipinski definition) is 20. The minimum absolute atomic E-state index is 0.000772. The molecular weight excluding hydrogens is 1850 g/mol. The highest BCUT2D eigenvalue weighted by Crippen LogP contribution is 2.40. The Hall–Kier alpha value is -10.1. The summed E-state index contributed by atoms with van der Waals surface area (Å²) < 4.78 is 105. The number of phenolic OH excluding ortho intramolecular Hbond substituents is 1. The Morgan fingerprint density at radius 3 is 1.15 bits per heavy atom. The molecule has 0 atom stereocenters. The summed E-state index contributed by atoms with van der Waals surface area (Å²) in [6.45, 7) is 0.0326. The lowest BCUT2D eigenvalue weighted by Crippen LogP contribution is -2.26. The molecule has 0 saturated heterocycles. The van der Waals surface area contributed by atoms with Gasteiger partial charge in [-0.05, 0) is 96.5 Å². The van der Waals surface area contributed by atoms with Crippen molar-refractivity contribution in [3.63, 3.8) is 0 Å². The van der Waals surface area contributed by atoms with Crippen molar-refractivity contribution in [2.45, 2.75) is 0 Å². The first-order chi connectivity index (χ1) is 55.3. The van der Waals surface area contributed by atoms with Gasteiger partial charge in [0.1, 0.15) is 52.9 Å². The van der Waals surface area contributed by atoms with Crippen LogP contribution in [0.4, 0.5) is 43.4 Å². The molecule has 3 amide bonds. The van der Waals surface area contributed by atoms with Crippen LogP contribution in [0.5, 0.6) is 46.0 Å². The molecule has 0 spiro atoms. The van der Waals surface area contributed by atoms with Gasteiger partial charge in [-0.15, -0.1) is 15.3 Å². The molecule has 0 fully saturated rings. The maximum Gasteiger partial charge on any atom is 0.338 e. The van der Waals surface area contributed by atoms with Gasteiger partial charge in [0.05, 0.1) is 141 Å². The fourth-order valence-corrected chi connectivity index (χ4v) is 10.5. The zero-order valence-electron chi connectivity index (χ0n) is 58.4. The molecule has 12 rings (SSSR count). The molecular formula is C73H45Cl14F6N11O13. The van der Waals surface area contributed by atoms with E-state index in [0.29, 0.717) is 16.5 Å². The first kappa shape index (κ1) is 95.7. The Kier molecular flexibility index (Phi) is 37.7. The molecule has 7 N–H and O–H groups in total. The van der Waals surface area contributed by atoms with Crippen LogP contribution in [0.25, 0.3) is 0 Å². The van der Waals surface area contributed by atoms with E-state index in [4.69, 9.17) is 197 Å². The monoisotopic (exact) mass is 1890 g/mol. The summed E-state index contributed by atoms with van der Waals surface area (Å²) >= 11 is 79.3. The number of ether oxygens (including phenoxy) is 5. The van der Waals surface area contributed by atoms with Crippen molar-refractivity contribution in [1.82, 2.24) is 35.9 Å². The van der Waals surface area contributed by atoms with Crippen molar-refractivity contribution < 1.29 is 89.0 Å². The number of hydrogen-bond donors (Lipinski definition) is 6. The molecule has 1 aliphatic rings. The molecule has 11 aromatic rings. The van der Waals surface area contributed by atoms with Gasteiger partial charge in [0.2, 0.25) is 0 Å². The second kappa shape index (κ2) is 46.1. The summed E-state index contributed by atoms with van der Waals surface area (Å²) in [6.07, 6.45) is 6.68. The number of dihydropyridines is 1. The number of amides is 3. The lowest BCUT2D eigenvalue weighted by Gasteiger charge is -2.15. The third-order valence-corrected chi connectivity index (χ3v) is 17.9. The molecule has 117 heavy (non-hydrogen) atoms. The number of ketones is 1. The zero-order valence-corrected chi connectivity index (χ0v) is 69.0. The number of halogens is 20. The van der Waals surface area contributed by atoms with Crippen LogP contribution in [0.1, 0.15) is 51.8 Å². The van der Waals surface area contributed by atoms with Crippen molar-refractivity contribution in [3.8, 4) is 46.0 Å². The van der Waals surface area contributed by atoms with Gasteiger partial charge in [-0.3, -0.25) is 29.0 Å². The average Bonchev–Trinajstić information content (AvgIpc) is 0.804. The largest absolute Gasteiger partial charge is 0.504 e. The number of aromatic nitrogens is 6. The van der Waals surface area contributed by atoms with E-state index in [1.807, 2.05) is 0 Å². The smallest absolute Gasteiger partial charge is 0.338 e. The number of nitrogen functional groups attached to an aromatic ring is 1. The summed E-state index contributed by atoms with van der Waals surface area (Å²) in [4.78, 5) is 73.5. The van der Waals surface area contributed by atoms with Crippen LogP contribution in [-0.4, -0.2) is 110 Å². The van der Waals surface area contributed by atoms with Gasteiger partial charge in [-0.25, -0.2) is 31.1 Å². The third kappa shape index (κ3) is 30.1. The SMILES string of the molecule is COc1cc(F)ccc1O.COc1cc(F)ccc1Oc1cc(Cl)c(Cl)cc1C(=O)NC1=CC(=O)CN=C1.COc1cc(F)ccc1Oc1cc(Cl)c(Cl)cc1C(=O)Nc1cnnc(Cl)c1.Nc1cnnc(Cl)c1.O=C(Cl)c1cc(Cl)c(Cl)cc1F.O=C(Nc1cnnc(Cl)c1)c1cc(Cl)c(Cl)cc1F.O=C(O)c1cc(Cl)c(Cl)cc1F. The fourth-order valence-electron chi connectivity index (χ4n) is 8.30. The van der Waals surface area contributed by atoms with Crippen LogP contribution in [0, 0.1) is 34.9 Å². The Morgan fingerprint density at radius 1 is 0.410 bits per heavy atom. The second-order valence-electron chi connectivity index (χ2n) is 21.7. The number of nitrogens with zero attached hydrogens (tertiary/aromatic N) is 7. The molecule has 3 aromatic heterocycles.